The van der Waals surface area contributed by atoms with Gasteiger partial charge in [0.1, 0.15) is 12.4 Å². The van der Waals surface area contributed by atoms with Gasteiger partial charge in [-0.3, -0.25) is 15.0 Å². The van der Waals surface area contributed by atoms with Crippen LogP contribution >= 0.6 is 7.49 Å². The molecule has 1 aliphatic rings. The molecule has 1 saturated heterocycles. The van der Waals surface area contributed by atoms with Crippen LogP contribution in [0.2, 0.25) is 0 Å². The Morgan fingerprint density at radius 2 is 2.08 bits per heavy atom. The molecule has 0 bridgehead atoms. The van der Waals surface area contributed by atoms with E-state index in [0.717, 1.165) is 12.1 Å². The first-order chi connectivity index (χ1) is 12.0. The number of nitro benzene ring substituents is 1. The summed E-state index contributed by atoms with van der Waals surface area (Å²) < 4.78 is 36.2. The summed E-state index contributed by atoms with van der Waals surface area (Å²) in [4.78, 5) is 22.1. The van der Waals surface area contributed by atoms with Crippen molar-refractivity contribution >= 4 is 28.9 Å². The molecule has 1 aromatic carbocycles. The molecule has 147 valence electrons. The highest BCUT2D eigenvalue weighted by Gasteiger charge is 2.30. The van der Waals surface area contributed by atoms with Gasteiger partial charge in [0.15, 0.2) is 0 Å². The lowest BCUT2D eigenvalue weighted by molar-refractivity contribution is -0.384. The van der Waals surface area contributed by atoms with E-state index in [1.165, 1.54) is 6.07 Å². The minimum absolute atomic E-state index is 0.0948. The summed E-state index contributed by atoms with van der Waals surface area (Å²) in [5.41, 5.74) is -0.348. The maximum absolute atomic E-state index is 13.5. The number of nitro groups is 1. The summed E-state index contributed by atoms with van der Waals surface area (Å²) in [6, 6.07) is 2.80. The average molecular weight is 409 g/mol. The van der Waals surface area contributed by atoms with E-state index in [9.17, 15) is 27.8 Å². The Balaban J connectivity index is 2.11. The van der Waals surface area contributed by atoms with Crippen molar-refractivity contribution in [1.29, 1.82) is 0 Å². The number of hydrogen-bond acceptors (Lipinski definition) is 7. The van der Waals surface area contributed by atoms with Crippen molar-refractivity contribution in [1.82, 2.24) is 4.90 Å². The molecule has 4 N–H and O–H groups in total. The zero-order chi connectivity index (χ0) is 19.5. The summed E-state index contributed by atoms with van der Waals surface area (Å²) in [6.07, 6.45) is 1.26. The van der Waals surface area contributed by atoms with Gasteiger partial charge in [-0.1, -0.05) is 0 Å². The quantitative estimate of drug-likeness (QED) is 0.345. The first kappa shape index (κ1) is 20.9. The molecule has 1 atom stereocenters. The summed E-state index contributed by atoms with van der Waals surface area (Å²) in [7, 11) is -5.95. The Bertz CT molecular complexity index is 767. The van der Waals surface area contributed by atoms with E-state index in [1.54, 1.807) is 0 Å². The SMILES string of the molecule is C[P]1(O)CCN(C(CF)CNc2ccc(S(N)(=O)=O)cc2[N+](=O)[O-])CC1. The van der Waals surface area contributed by atoms with E-state index in [-0.39, 0.29) is 17.1 Å². The predicted octanol–water partition coefficient (Wildman–Crippen LogP) is 0.863. The summed E-state index contributed by atoms with van der Waals surface area (Å²) in [5.74, 6) is 0. The largest absolute Gasteiger partial charge is 0.380 e. The van der Waals surface area contributed by atoms with Gasteiger partial charge < -0.3 is 10.2 Å². The van der Waals surface area contributed by atoms with Crippen LogP contribution in [0.5, 0.6) is 0 Å². The van der Waals surface area contributed by atoms with E-state index in [2.05, 4.69) is 5.32 Å². The normalized spacial score (nSPS) is 19.1. The van der Waals surface area contributed by atoms with Crippen LogP contribution in [0.25, 0.3) is 0 Å². The smallest absolute Gasteiger partial charge is 0.293 e. The second-order valence-corrected chi connectivity index (χ2v) is 11.6. The summed E-state index contributed by atoms with van der Waals surface area (Å²) in [5, 5.41) is 19.0. The topological polar surface area (TPSA) is 139 Å². The van der Waals surface area contributed by atoms with Crippen molar-refractivity contribution in [2.24, 2.45) is 5.14 Å². The Morgan fingerprint density at radius 1 is 1.46 bits per heavy atom. The van der Waals surface area contributed by atoms with Gasteiger partial charge in [-0.05, 0) is 38.6 Å². The van der Waals surface area contributed by atoms with Crippen LogP contribution in [0.3, 0.4) is 0 Å². The molecule has 0 saturated carbocycles. The van der Waals surface area contributed by atoms with Crippen LogP contribution in [0.1, 0.15) is 0 Å². The minimum Gasteiger partial charge on any atom is -0.380 e. The van der Waals surface area contributed by atoms with Gasteiger partial charge in [0.25, 0.3) is 5.69 Å². The van der Waals surface area contributed by atoms with Crippen molar-refractivity contribution in [2.45, 2.75) is 10.9 Å². The molecule has 9 nitrogen and oxygen atoms in total. The van der Waals surface area contributed by atoms with Crippen LogP contribution in [-0.4, -0.2) is 74.5 Å². The first-order valence-corrected chi connectivity index (χ1v) is 12.1. The van der Waals surface area contributed by atoms with Gasteiger partial charge >= 0.3 is 0 Å². The number of nitrogens with zero attached hydrogens (tertiary/aromatic N) is 2. The number of hydrogen-bond donors (Lipinski definition) is 3. The van der Waals surface area contributed by atoms with Gasteiger partial charge in [0.2, 0.25) is 10.0 Å². The maximum atomic E-state index is 13.5. The highest BCUT2D eigenvalue weighted by atomic mass is 32.2. The lowest BCUT2D eigenvalue weighted by atomic mass is 10.2. The third-order valence-electron chi connectivity index (χ3n) is 4.45. The Labute approximate surface area is 152 Å². The lowest BCUT2D eigenvalue weighted by Gasteiger charge is -2.40. The van der Waals surface area contributed by atoms with E-state index in [0.29, 0.717) is 25.4 Å². The number of alkyl halides is 1. The summed E-state index contributed by atoms with van der Waals surface area (Å²) in [6.45, 7) is 2.47. The van der Waals surface area contributed by atoms with Crippen molar-refractivity contribution in [3.8, 4) is 0 Å². The standard InChI is InChI=1S/C14H23FN4O5PS/c1-25(22)6-4-18(5-7-25)11(9-15)10-17-13-3-2-12(26(16,23)24)8-14(13)19(20)21/h2-3,8,11,17,22H,4-7,9-10H2,1H3,(H2,16,23,24). The lowest BCUT2D eigenvalue weighted by Crippen LogP contribution is -2.47. The molecule has 1 aromatic rings. The number of sulfonamides is 1. The molecule has 1 fully saturated rings. The molecule has 0 aliphatic carbocycles. The molecule has 1 unspecified atom stereocenters. The molecule has 1 radical (unpaired) electrons. The van der Waals surface area contributed by atoms with E-state index < -0.39 is 40.8 Å². The number of nitrogens with two attached hydrogens (primary N) is 1. The van der Waals surface area contributed by atoms with Crippen LogP contribution in [0.15, 0.2) is 23.1 Å². The first-order valence-electron chi connectivity index (χ1n) is 7.96. The van der Waals surface area contributed by atoms with E-state index in [4.69, 9.17) is 5.14 Å². The van der Waals surface area contributed by atoms with Crippen molar-refractivity contribution in [3.05, 3.63) is 28.3 Å². The molecular weight excluding hydrogens is 386 g/mol. The molecule has 26 heavy (non-hydrogen) atoms. The third kappa shape index (κ3) is 5.31. The van der Waals surface area contributed by atoms with Crippen molar-refractivity contribution in [2.75, 3.05) is 50.6 Å². The Kier molecular flexibility index (Phi) is 6.51. The molecule has 1 heterocycles. The number of halogens is 1. The molecule has 1 aliphatic heterocycles. The third-order valence-corrected chi connectivity index (χ3v) is 7.69. The van der Waals surface area contributed by atoms with Gasteiger partial charge in [0, 0.05) is 25.7 Å². The number of benzene rings is 1. The van der Waals surface area contributed by atoms with E-state index >= 15 is 0 Å². The second kappa shape index (κ2) is 8.10. The number of rotatable bonds is 7. The zero-order valence-corrected chi connectivity index (χ0v) is 16.0. The Morgan fingerprint density at radius 3 is 2.58 bits per heavy atom. The molecule has 0 spiro atoms. The zero-order valence-electron chi connectivity index (χ0n) is 14.3. The van der Waals surface area contributed by atoms with Gasteiger partial charge in [-0.25, -0.2) is 17.9 Å². The predicted molar refractivity (Wildman–Crippen MR) is 99.1 cm³/mol. The molecule has 0 aromatic heterocycles. The maximum Gasteiger partial charge on any atom is 0.293 e. The van der Waals surface area contributed by atoms with Gasteiger partial charge in [-0.2, -0.15) is 0 Å². The highest BCUT2D eigenvalue weighted by Crippen LogP contribution is 2.51. The molecule has 2 rings (SSSR count). The average Bonchev–Trinajstić information content (AvgIpc) is 2.55. The van der Waals surface area contributed by atoms with Crippen LogP contribution in [0, 0.1) is 10.1 Å². The number of anilines is 1. The fourth-order valence-corrected chi connectivity index (χ4v) is 4.91. The van der Waals surface area contributed by atoms with Gasteiger partial charge in [0.05, 0.1) is 15.9 Å². The second-order valence-electron chi connectivity index (χ2n) is 6.49. The molecular formula is C14H23FN4O5PS. The molecule has 0 amide bonds. The fourth-order valence-electron chi connectivity index (χ4n) is 2.77. The van der Waals surface area contributed by atoms with Gasteiger partial charge in [-0.15, -0.1) is 0 Å². The van der Waals surface area contributed by atoms with Crippen molar-refractivity contribution < 1.29 is 22.6 Å². The van der Waals surface area contributed by atoms with E-state index in [1.807, 2.05) is 11.6 Å². The highest BCUT2D eigenvalue weighted by molar-refractivity contribution is 7.89. The minimum atomic E-state index is -4.06. The summed E-state index contributed by atoms with van der Waals surface area (Å²) >= 11 is 0. The monoisotopic (exact) mass is 409 g/mol. The van der Waals surface area contributed by atoms with Crippen LogP contribution in [-0.2, 0) is 10.0 Å². The number of primary sulfonamides is 1. The fraction of sp³-hybridized carbons (Fsp3) is 0.571. The van der Waals surface area contributed by atoms with Crippen molar-refractivity contribution in [3.63, 3.8) is 0 Å². The number of nitrogens with one attached hydrogen (secondary N) is 1. The van der Waals surface area contributed by atoms with Crippen LogP contribution in [0.4, 0.5) is 15.8 Å². The van der Waals surface area contributed by atoms with Crippen LogP contribution < -0.4 is 10.5 Å². The molecule has 12 heteroatoms. The Hall–Kier alpha value is -1.39.